The largest absolute Gasteiger partial charge is 0.490 e. The van der Waals surface area contributed by atoms with Gasteiger partial charge in [0.05, 0.1) is 18.4 Å². The Morgan fingerprint density at radius 3 is 2.88 bits per heavy atom. The van der Waals surface area contributed by atoms with Crippen LogP contribution >= 0.6 is 23.5 Å². The topological polar surface area (TPSA) is 50.8 Å². The summed E-state index contributed by atoms with van der Waals surface area (Å²) in [5.41, 5.74) is 4.31. The summed E-state index contributed by atoms with van der Waals surface area (Å²) in [5.74, 6) is 2.28. The number of halogens is 1. The summed E-state index contributed by atoms with van der Waals surface area (Å²) in [5, 5.41) is 1.09. The van der Waals surface area contributed by atoms with Crippen LogP contribution in [-0.2, 0) is 16.6 Å². The first-order valence-electron chi connectivity index (χ1n) is 16.4. The molecule has 0 saturated heterocycles. The van der Waals surface area contributed by atoms with Gasteiger partial charge in [-0.05, 0) is 116 Å². The SMILES string of the molecule is CCCCO[C@H]1/C=C/C[C@H](C)[C@@H](C)SNC(=O)c2ccc3c(c2)N(C[C@@H]2CC[C@H]21)C[C@@]1(CCCc2cc(Cl)ccc21)CO3. The highest BCUT2D eigenvalue weighted by Gasteiger charge is 2.44. The maximum Gasteiger partial charge on any atom is 0.261 e. The fraction of sp³-hybridized carbons (Fsp3) is 0.583. The predicted molar refractivity (Wildman–Crippen MR) is 179 cm³/mol. The maximum atomic E-state index is 13.4. The van der Waals surface area contributed by atoms with E-state index < -0.39 is 0 Å². The summed E-state index contributed by atoms with van der Waals surface area (Å²) in [6.45, 7) is 9.93. The van der Waals surface area contributed by atoms with Crippen LogP contribution in [0, 0.1) is 17.8 Å². The fourth-order valence-electron chi connectivity index (χ4n) is 7.42. The zero-order valence-corrected chi connectivity index (χ0v) is 27.5. The number of nitrogens with one attached hydrogen (secondary N) is 1. The van der Waals surface area contributed by atoms with Gasteiger partial charge in [-0.1, -0.05) is 57.0 Å². The van der Waals surface area contributed by atoms with Crippen molar-refractivity contribution in [3.05, 3.63) is 70.3 Å². The van der Waals surface area contributed by atoms with Gasteiger partial charge in [-0.3, -0.25) is 9.52 Å². The molecule has 1 saturated carbocycles. The van der Waals surface area contributed by atoms with Gasteiger partial charge in [0.25, 0.3) is 5.91 Å². The second kappa shape index (κ2) is 13.5. The summed E-state index contributed by atoms with van der Waals surface area (Å²) in [7, 11) is 0. The second-order valence-electron chi connectivity index (χ2n) is 13.4. The van der Waals surface area contributed by atoms with E-state index >= 15 is 0 Å². The number of carbonyl (C=O) groups is 1. The molecule has 2 aromatic rings. The molecule has 232 valence electrons. The molecule has 2 aromatic carbocycles. The van der Waals surface area contributed by atoms with Crippen molar-refractivity contribution >= 4 is 35.1 Å². The summed E-state index contributed by atoms with van der Waals surface area (Å²) in [6, 6.07) is 12.4. The average molecular weight is 623 g/mol. The molecule has 6 atom stereocenters. The van der Waals surface area contributed by atoms with Crippen molar-refractivity contribution in [1.82, 2.24) is 4.72 Å². The Bertz CT molecular complexity index is 1330. The Morgan fingerprint density at radius 2 is 2.07 bits per heavy atom. The van der Waals surface area contributed by atoms with E-state index in [9.17, 15) is 4.79 Å². The van der Waals surface area contributed by atoms with Crippen LogP contribution in [0.5, 0.6) is 5.75 Å². The van der Waals surface area contributed by atoms with E-state index in [1.54, 1.807) is 0 Å². The maximum absolute atomic E-state index is 13.4. The lowest BCUT2D eigenvalue weighted by molar-refractivity contribution is -0.0150. The number of aryl methyl sites for hydroxylation is 1. The molecule has 2 aliphatic heterocycles. The molecule has 0 unspecified atom stereocenters. The minimum Gasteiger partial charge on any atom is -0.490 e. The zero-order chi connectivity index (χ0) is 30.0. The van der Waals surface area contributed by atoms with Crippen molar-refractivity contribution in [2.24, 2.45) is 17.8 Å². The van der Waals surface area contributed by atoms with Crippen molar-refractivity contribution in [3.63, 3.8) is 0 Å². The minimum atomic E-state index is -0.127. The summed E-state index contributed by atoms with van der Waals surface area (Å²) in [6.07, 6.45) is 13.7. The van der Waals surface area contributed by atoms with Gasteiger partial charge in [-0.2, -0.15) is 0 Å². The monoisotopic (exact) mass is 622 g/mol. The third-order valence-corrected chi connectivity index (χ3v) is 11.8. The third-order valence-electron chi connectivity index (χ3n) is 10.4. The first-order valence-corrected chi connectivity index (χ1v) is 17.7. The Morgan fingerprint density at radius 1 is 1.19 bits per heavy atom. The van der Waals surface area contributed by atoms with Crippen molar-refractivity contribution in [3.8, 4) is 5.75 Å². The van der Waals surface area contributed by atoms with Crippen LogP contribution in [-0.4, -0.2) is 43.6 Å². The van der Waals surface area contributed by atoms with E-state index in [0.29, 0.717) is 29.9 Å². The van der Waals surface area contributed by atoms with E-state index in [-0.39, 0.29) is 22.7 Å². The number of amides is 1. The Hall–Kier alpha value is -2.15. The normalized spacial score (nSPS) is 31.6. The average Bonchev–Trinajstić information content (AvgIpc) is 3.14. The molecule has 4 aliphatic rings. The lowest BCUT2D eigenvalue weighted by Gasteiger charge is -2.46. The highest BCUT2D eigenvalue weighted by atomic mass is 35.5. The van der Waals surface area contributed by atoms with Gasteiger partial charge >= 0.3 is 0 Å². The van der Waals surface area contributed by atoms with Crippen molar-refractivity contribution in [1.29, 1.82) is 0 Å². The number of allylic oxidation sites excluding steroid dienone is 1. The second-order valence-corrected chi connectivity index (χ2v) is 15.0. The van der Waals surface area contributed by atoms with E-state index in [1.165, 1.54) is 35.9 Å². The molecular weight excluding hydrogens is 576 g/mol. The number of ether oxygens (including phenoxy) is 2. The third kappa shape index (κ3) is 6.62. The first kappa shape index (κ1) is 30.9. The number of carbonyl (C=O) groups excluding carboxylic acids is 1. The first-order chi connectivity index (χ1) is 20.9. The van der Waals surface area contributed by atoms with Crippen LogP contribution in [0.3, 0.4) is 0 Å². The molecule has 6 rings (SSSR count). The van der Waals surface area contributed by atoms with Gasteiger partial charge in [0, 0.05) is 40.9 Å². The number of fused-ring (bicyclic) bond motifs is 4. The highest BCUT2D eigenvalue weighted by molar-refractivity contribution is 7.98. The number of hydrogen-bond donors (Lipinski definition) is 1. The van der Waals surface area contributed by atoms with Gasteiger partial charge < -0.3 is 14.4 Å². The summed E-state index contributed by atoms with van der Waals surface area (Å²) >= 11 is 7.98. The lowest BCUT2D eigenvalue weighted by Crippen LogP contribution is -2.49. The van der Waals surface area contributed by atoms with Crippen molar-refractivity contribution in [2.75, 3.05) is 31.2 Å². The standard InChI is InChI=1S/C36H47ClN2O3S/c1-4-5-18-41-33-10-6-8-24(2)25(3)43-38-35(40)27-12-16-34-32(20-27)39(21-28-11-14-30(28)33)22-36(23-42-34)17-7-9-26-19-29(37)13-15-31(26)36/h6,10,12-13,15-16,19-20,24-25,28,30,33H,4-5,7-9,11,14,17-18,21-23H2,1-3H3,(H,38,40)/b10-6+/t24-,25+,28-,30+,33-,36-/m0/s1. The molecule has 1 spiro atoms. The number of rotatable bonds is 4. The van der Waals surface area contributed by atoms with Gasteiger partial charge in [-0.15, -0.1) is 0 Å². The minimum absolute atomic E-state index is 0.0445. The van der Waals surface area contributed by atoms with Crippen LogP contribution in [0.4, 0.5) is 5.69 Å². The van der Waals surface area contributed by atoms with Crippen molar-refractivity contribution < 1.29 is 14.3 Å². The molecule has 1 N–H and O–H groups in total. The van der Waals surface area contributed by atoms with E-state index in [1.807, 2.05) is 18.2 Å². The Balaban J connectivity index is 1.37. The molecule has 2 aliphatic carbocycles. The van der Waals surface area contributed by atoms with Crippen LogP contribution in [0.25, 0.3) is 0 Å². The smallest absolute Gasteiger partial charge is 0.261 e. The van der Waals surface area contributed by atoms with E-state index in [2.05, 4.69) is 60.7 Å². The highest BCUT2D eigenvalue weighted by Crippen LogP contribution is 2.47. The van der Waals surface area contributed by atoms with Crippen LogP contribution in [0.1, 0.15) is 87.2 Å². The molecule has 7 heteroatoms. The van der Waals surface area contributed by atoms with Crippen LogP contribution in [0.2, 0.25) is 5.02 Å². The Kier molecular flexibility index (Phi) is 9.66. The quantitative estimate of drug-likeness (QED) is 0.211. The van der Waals surface area contributed by atoms with E-state index in [0.717, 1.165) is 74.7 Å². The molecule has 0 aromatic heterocycles. The van der Waals surface area contributed by atoms with Gasteiger partial charge in [0.1, 0.15) is 5.75 Å². The molecule has 5 nitrogen and oxygen atoms in total. The number of benzene rings is 2. The zero-order valence-electron chi connectivity index (χ0n) is 25.9. The summed E-state index contributed by atoms with van der Waals surface area (Å²) in [4.78, 5) is 15.9. The summed E-state index contributed by atoms with van der Waals surface area (Å²) < 4.78 is 16.4. The van der Waals surface area contributed by atoms with E-state index in [4.69, 9.17) is 21.1 Å². The molecule has 1 fully saturated rings. The van der Waals surface area contributed by atoms with Gasteiger partial charge in [-0.25, -0.2) is 0 Å². The van der Waals surface area contributed by atoms with Gasteiger partial charge in [0.15, 0.2) is 0 Å². The van der Waals surface area contributed by atoms with Crippen LogP contribution in [0.15, 0.2) is 48.6 Å². The molecule has 43 heavy (non-hydrogen) atoms. The molecule has 1 amide bonds. The number of unbranched alkanes of at least 4 members (excludes halogenated alkanes) is 1. The number of nitrogens with zero attached hydrogens (tertiary/aromatic N) is 1. The van der Waals surface area contributed by atoms with Crippen LogP contribution < -0.4 is 14.4 Å². The lowest BCUT2D eigenvalue weighted by atomic mass is 9.68. The fourth-order valence-corrected chi connectivity index (χ4v) is 8.37. The molecule has 0 radical (unpaired) electrons. The molecule has 2 heterocycles. The van der Waals surface area contributed by atoms with Gasteiger partial charge in [0.2, 0.25) is 0 Å². The Labute approximate surface area is 267 Å². The van der Waals surface area contributed by atoms with Crippen molar-refractivity contribution in [2.45, 2.75) is 88.9 Å². The molecular formula is C36H47ClN2O3S. The predicted octanol–water partition coefficient (Wildman–Crippen LogP) is 8.39. The number of hydrogen-bond acceptors (Lipinski definition) is 5. The number of anilines is 1. The molecule has 2 bridgehead atoms.